The average molecular weight is 349 g/mol. The van der Waals surface area contributed by atoms with E-state index in [1.807, 2.05) is 13.0 Å². The van der Waals surface area contributed by atoms with Crippen molar-refractivity contribution in [1.29, 1.82) is 0 Å². The van der Waals surface area contributed by atoms with E-state index in [1.54, 1.807) is 0 Å². The van der Waals surface area contributed by atoms with E-state index >= 15 is 0 Å². The number of rotatable bonds is 5. The zero-order chi connectivity index (χ0) is 17.9. The van der Waals surface area contributed by atoms with Crippen molar-refractivity contribution >= 4 is 5.91 Å². The van der Waals surface area contributed by atoms with Gasteiger partial charge in [-0.1, -0.05) is 24.3 Å². The monoisotopic (exact) mass is 349 g/mol. The molecule has 0 fully saturated rings. The fourth-order valence-electron chi connectivity index (χ4n) is 4.18. The van der Waals surface area contributed by atoms with Crippen LogP contribution in [0.25, 0.3) is 0 Å². The van der Waals surface area contributed by atoms with E-state index in [4.69, 9.17) is 4.74 Å². The van der Waals surface area contributed by atoms with Crippen LogP contribution in [0.1, 0.15) is 60.0 Å². The molecule has 0 heterocycles. The second-order valence-corrected chi connectivity index (χ2v) is 7.60. The maximum absolute atomic E-state index is 12.3. The van der Waals surface area contributed by atoms with Gasteiger partial charge in [0, 0.05) is 0 Å². The first-order valence-corrected chi connectivity index (χ1v) is 9.85. The van der Waals surface area contributed by atoms with Crippen molar-refractivity contribution in [2.75, 3.05) is 6.61 Å². The van der Waals surface area contributed by atoms with Gasteiger partial charge in [-0.2, -0.15) is 0 Å². The molecule has 4 rings (SSSR count). The fraction of sp³-hybridized carbons (Fsp3) is 0.435. The molecule has 0 spiro atoms. The molecule has 0 aliphatic heterocycles. The number of amides is 1. The van der Waals surface area contributed by atoms with Crippen molar-refractivity contribution in [3.63, 3.8) is 0 Å². The molecule has 3 nitrogen and oxygen atoms in total. The summed E-state index contributed by atoms with van der Waals surface area (Å²) in [5.74, 6) is 0.724. The lowest BCUT2D eigenvalue weighted by atomic mass is 9.92. The highest BCUT2D eigenvalue weighted by Crippen LogP contribution is 2.26. The van der Waals surface area contributed by atoms with Gasteiger partial charge in [0.1, 0.15) is 5.75 Å². The minimum Gasteiger partial charge on any atom is -0.484 e. The van der Waals surface area contributed by atoms with E-state index < -0.39 is 0 Å². The van der Waals surface area contributed by atoms with Crippen LogP contribution >= 0.6 is 0 Å². The number of hydrogen-bond acceptors (Lipinski definition) is 2. The lowest BCUT2D eigenvalue weighted by Gasteiger charge is -2.18. The summed E-state index contributed by atoms with van der Waals surface area (Å²) in [4.78, 5) is 12.3. The third-order valence-corrected chi connectivity index (χ3v) is 5.69. The molecule has 1 N–H and O–H groups in total. The van der Waals surface area contributed by atoms with E-state index in [0.29, 0.717) is 0 Å². The van der Waals surface area contributed by atoms with Crippen LogP contribution in [0, 0.1) is 0 Å². The quantitative estimate of drug-likeness (QED) is 0.873. The van der Waals surface area contributed by atoms with Crippen LogP contribution in [0.2, 0.25) is 0 Å². The fourth-order valence-corrected chi connectivity index (χ4v) is 4.18. The summed E-state index contributed by atoms with van der Waals surface area (Å²) in [5, 5.41) is 3.06. The third kappa shape index (κ3) is 3.77. The van der Waals surface area contributed by atoms with E-state index in [2.05, 4.69) is 35.6 Å². The Morgan fingerprint density at radius 3 is 2.42 bits per heavy atom. The van der Waals surface area contributed by atoms with Gasteiger partial charge in [0.25, 0.3) is 5.91 Å². The molecule has 2 aromatic rings. The standard InChI is InChI=1S/C23H27NO2/c1-16(19-10-9-18-7-4-8-20(18)13-19)24-23(25)15-26-22-12-11-17-5-2-3-6-21(17)14-22/h9-14,16H,2-8,15H2,1H3,(H,24,25)/t16-/m1/s1. The highest BCUT2D eigenvalue weighted by Gasteiger charge is 2.15. The van der Waals surface area contributed by atoms with Crippen molar-refractivity contribution in [1.82, 2.24) is 5.32 Å². The first kappa shape index (κ1) is 17.1. The van der Waals surface area contributed by atoms with Crippen LogP contribution < -0.4 is 10.1 Å². The molecular formula is C23H27NO2. The molecular weight excluding hydrogens is 322 g/mol. The van der Waals surface area contributed by atoms with Gasteiger partial charge >= 0.3 is 0 Å². The number of carbonyl (C=O) groups excluding carboxylic acids is 1. The van der Waals surface area contributed by atoms with E-state index in [0.717, 1.165) is 25.0 Å². The molecule has 0 saturated carbocycles. The van der Waals surface area contributed by atoms with Crippen molar-refractivity contribution in [3.05, 3.63) is 64.2 Å². The smallest absolute Gasteiger partial charge is 0.258 e. The van der Waals surface area contributed by atoms with Crippen molar-refractivity contribution in [3.8, 4) is 5.75 Å². The summed E-state index contributed by atoms with van der Waals surface area (Å²) < 4.78 is 5.73. The molecule has 2 aromatic carbocycles. The first-order chi connectivity index (χ1) is 12.7. The van der Waals surface area contributed by atoms with Crippen LogP contribution in [0.15, 0.2) is 36.4 Å². The third-order valence-electron chi connectivity index (χ3n) is 5.69. The Bertz CT molecular complexity index is 812. The van der Waals surface area contributed by atoms with Gasteiger partial charge in [-0.05, 0) is 91.8 Å². The minimum absolute atomic E-state index is 0.000493. The van der Waals surface area contributed by atoms with Gasteiger partial charge in [0.05, 0.1) is 6.04 Å². The SMILES string of the molecule is C[C@@H](NC(=O)COc1ccc2c(c1)CCCC2)c1ccc2c(c1)CCC2. The van der Waals surface area contributed by atoms with Gasteiger partial charge in [-0.15, -0.1) is 0 Å². The van der Waals surface area contributed by atoms with Crippen molar-refractivity contribution in [2.24, 2.45) is 0 Å². The molecule has 0 radical (unpaired) electrons. The van der Waals surface area contributed by atoms with Crippen LogP contribution in [0.5, 0.6) is 5.75 Å². The average Bonchev–Trinajstić information content (AvgIpc) is 3.14. The highest BCUT2D eigenvalue weighted by molar-refractivity contribution is 5.78. The highest BCUT2D eigenvalue weighted by atomic mass is 16.5. The van der Waals surface area contributed by atoms with Crippen LogP contribution in [-0.4, -0.2) is 12.5 Å². The summed E-state index contributed by atoms with van der Waals surface area (Å²) in [6.45, 7) is 2.10. The van der Waals surface area contributed by atoms with Gasteiger partial charge in [0.2, 0.25) is 0 Å². The van der Waals surface area contributed by atoms with Gasteiger partial charge in [-0.25, -0.2) is 0 Å². The summed E-state index contributed by atoms with van der Waals surface area (Å²) in [6, 6.07) is 12.8. The molecule has 2 aliphatic rings. The predicted octanol–water partition coefficient (Wildman–Crippen LogP) is 4.31. The molecule has 0 aromatic heterocycles. The Labute approximate surface area is 155 Å². The predicted molar refractivity (Wildman–Crippen MR) is 104 cm³/mol. The van der Waals surface area contributed by atoms with Crippen molar-refractivity contribution in [2.45, 2.75) is 57.9 Å². The summed E-state index contributed by atoms with van der Waals surface area (Å²) in [5.41, 5.74) is 6.88. The lowest BCUT2D eigenvalue weighted by molar-refractivity contribution is -0.123. The van der Waals surface area contributed by atoms with E-state index in [-0.39, 0.29) is 18.6 Å². The maximum Gasteiger partial charge on any atom is 0.258 e. The lowest BCUT2D eigenvalue weighted by Crippen LogP contribution is -2.31. The molecule has 0 saturated heterocycles. The first-order valence-electron chi connectivity index (χ1n) is 9.85. The second-order valence-electron chi connectivity index (χ2n) is 7.60. The number of benzene rings is 2. The molecule has 2 aliphatic carbocycles. The Balaban J connectivity index is 1.32. The van der Waals surface area contributed by atoms with Gasteiger partial charge in [0.15, 0.2) is 6.61 Å². The number of carbonyl (C=O) groups is 1. The van der Waals surface area contributed by atoms with Crippen LogP contribution in [0.4, 0.5) is 0 Å². The Morgan fingerprint density at radius 1 is 0.923 bits per heavy atom. The number of nitrogens with one attached hydrogen (secondary N) is 1. The van der Waals surface area contributed by atoms with E-state index in [9.17, 15) is 4.79 Å². The summed E-state index contributed by atoms with van der Waals surface area (Å²) in [7, 11) is 0. The zero-order valence-electron chi connectivity index (χ0n) is 15.5. The number of ether oxygens (including phenoxy) is 1. The van der Waals surface area contributed by atoms with Crippen molar-refractivity contribution < 1.29 is 9.53 Å². The number of aryl methyl sites for hydroxylation is 4. The second kappa shape index (κ2) is 7.53. The Hall–Kier alpha value is -2.29. The zero-order valence-corrected chi connectivity index (χ0v) is 15.5. The topological polar surface area (TPSA) is 38.3 Å². The van der Waals surface area contributed by atoms with Crippen LogP contribution in [0.3, 0.4) is 0 Å². The maximum atomic E-state index is 12.3. The summed E-state index contributed by atoms with van der Waals surface area (Å²) >= 11 is 0. The van der Waals surface area contributed by atoms with Gasteiger partial charge in [-0.3, -0.25) is 4.79 Å². The van der Waals surface area contributed by atoms with Crippen LogP contribution in [-0.2, 0) is 30.5 Å². The minimum atomic E-state index is -0.0734. The molecule has 1 atom stereocenters. The Morgan fingerprint density at radius 2 is 1.58 bits per heavy atom. The number of fused-ring (bicyclic) bond motifs is 2. The Kier molecular flexibility index (Phi) is 4.96. The summed E-state index contributed by atoms with van der Waals surface area (Å²) in [6.07, 6.45) is 8.39. The molecule has 3 heteroatoms. The number of hydrogen-bond donors (Lipinski definition) is 1. The molecule has 0 unspecified atom stereocenters. The molecule has 0 bridgehead atoms. The normalized spacial score (nSPS) is 16.5. The van der Waals surface area contributed by atoms with E-state index in [1.165, 1.54) is 53.5 Å². The van der Waals surface area contributed by atoms with Gasteiger partial charge < -0.3 is 10.1 Å². The molecule has 26 heavy (non-hydrogen) atoms. The molecule has 136 valence electrons. The largest absolute Gasteiger partial charge is 0.484 e. The molecule has 1 amide bonds.